The van der Waals surface area contributed by atoms with E-state index in [0.717, 1.165) is 11.3 Å². The van der Waals surface area contributed by atoms with Crippen molar-refractivity contribution in [3.63, 3.8) is 0 Å². The van der Waals surface area contributed by atoms with Gasteiger partial charge in [-0.1, -0.05) is 25.4 Å². The van der Waals surface area contributed by atoms with Gasteiger partial charge in [0.15, 0.2) is 0 Å². The number of hydrogen-bond donors (Lipinski definition) is 2. The summed E-state index contributed by atoms with van der Waals surface area (Å²) in [4.78, 5) is 0. The summed E-state index contributed by atoms with van der Waals surface area (Å²) >= 11 is 6.14. The molecule has 0 saturated carbocycles. The molecule has 0 aliphatic heterocycles. The van der Waals surface area contributed by atoms with Crippen LogP contribution in [0.25, 0.3) is 0 Å². The molecule has 0 saturated heterocycles. The minimum atomic E-state index is -0.472. The largest absolute Gasteiger partial charge is 0.392 e. The number of aryl methyl sites for hydroxylation is 2. The van der Waals surface area contributed by atoms with Crippen LogP contribution in [-0.2, 0) is 13.5 Å². The normalized spacial score (nSPS) is 15.3. The Morgan fingerprint density at radius 1 is 1.47 bits per heavy atom. The molecule has 0 aliphatic rings. The first kappa shape index (κ1) is 14.5. The van der Waals surface area contributed by atoms with E-state index >= 15 is 0 Å². The Morgan fingerprint density at radius 3 is 2.41 bits per heavy atom. The molecule has 0 radical (unpaired) electrons. The van der Waals surface area contributed by atoms with Gasteiger partial charge in [-0.05, 0) is 25.3 Å². The van der Waals surface area contributed by atoms with Crippen molar-refractivity contribution < 1.29 is 5.11 Å². The summed E-state index contributed by atoms with van der Waals surface area (Å²) in [5.74, 6) is 0.441. The van der Waals surface area contributed by atoms with Crippen LogP contribution in [0.4, 0.5) is 0 Å². The molecule has 3 N–H and O–H groups in total. The van der Waals surface area contributed by atoms with Gasteiger partial charge in [0, 0.05) is 19.0 Å². The Morgan fingerprint density at radius 2 is 2.06 bits per heavy atom. The van der Waals surface area contributed by atoms with Crippen molar-refractivity contribution >= 4 is 11.6 Å². The van der Waals surface area contributed by atoms with E-state index in [9.17, 15) is 5.11 Å². The van der Waals surface area contributed by atoms with E-state index in [-0.39, 0.29) is 5.92 Å². The average Bonchev–Trinajstić information content (AvgIpc) is 2.45. The summed E-state index contributed by atoms with van der Waals surface area (Å²) in [7, 11) is 1.80. The van der Waals surface area contributed by atoms with Gasteiger partial charge in [0.2, 0.25) is 0 Å². The maximum atomic E-state index is 10.2. The maximum Gasteiger partial charge on any atom is 0.130 e. The summed E-state index contributed by atoms with van der Waals surface area (Å²) < 4.78 is 1.63. The molecule has 0 fully saturated rings. The van der Waals surface area contributed by atoms with E-state index in [1.165, 1.54) is 0 Å². The van der Waals surface area contributed by atoms with Crippen LogP contribution in [0.5, 0.6) is 0 Å². The fourth-order valence-electron chi connectivity index (χ4n) is 2.14. The number of hydrogen-bond acceptors (Lipinski definition) is 3. The molecule has 0 aromatic carbocycles. The van der Waals surface area contributed by atoms with Gasteiger partial charge in [0.05, 0.1) is 11.8 Å². The minimum absolute atomic E-state index is 0.0886. The summed E-state index contributed by atoms with van der Waals surface area (Å²) in [5.41, 5.74) is 7.48. The lowest BCUT2D eigenvalue weighted by Crippen LogP contribution is -2.33. The van der Waals surface area contributed by atoms with E-state index < -0.39 is 6.10 Å². The number of rotatable bonds is 5. The number of aliphatic hydroxyl groups is 1. The predicted molar refractivity (Wildman–Crippen MR) is 70.0 cm³/mol. The van der Waals surface area contributed by atoms with Crippen LogP contribution in [0.3, 0.4) is 0 Å². The van der Waals surface area contributed by atoms with E-state index in [2.05, 4.69) is 18.9 Å². The smallest absolute Gasteiger partial charge is 0.130 e. The molecule has 1 aromatic heterocycles. The second-order valence-electron chi connectivity index (χ2n) is 4.89. The Kier molecular flexibility index (Phi) is 4.98. The standard InChI is InChI=1S/C12H22ClN3O/c1-7(2)10(6-14)11(17)5-9-8(3)15-16(4)12(9)13/h7,10-11,17H,5-6,14H2,1-4H3. The van der Waals surface area contributed by atoms with Crippen LogP contribution >= 0.6 is 11.6 Å². The molecule has 0 amide bonds. The lowest BCUT2D eigenvalue weighted by Gasteiger charge is -2.24. The highest BCUT2D eigenvalue weighted by Crippen LogP contribution is 2.24. The van der Waals surface area contributed by atoms with E-state index in [4.69, 9.17) is 17.3 Å². The van der Waals surface area contributed by atoms with E-state index in [0.29, 0.717) is 24.0 Å². The van der Waals surface area contributed by atoms with Crippen molar-refractivity contribution in [2.24, 2.45) is 24.6 Å². The van der Waals surface area contributed by atoms with Gasteiger partial charge in [-0.2, -0.15) is 5.10 Å². The summed E-state index contributed by atoms with van der Waals surface area (Å²) in [6.45, 7) is 6.52. The highest BCUT2D eigenvalue weighted by atomic mass is 35.5. The molecule has 17 heavy (non-hydrogen) atoms. The molecular formula is C12H22ClN3O. The number of nitrogens with two attached hydrogens (primary N) is 1. The van der Waals surface area contributed by atoms with Gasteiger partial charge in [0.25, 0.3) is 0 Å². The van der Waals surface area contributed by atoms with E-state index in [1.54, 1.807) is 11.7 Å². The monoisotopic (exact) mass is 259 g/mol. The van der Waals surface area contributed by atoms with Gasteiger partial charge < -0.3 is 10.8 Å². The molecule has 5 heteroatoms. The molecule has 0 spiro atoms. The number of nitrogens with zero attached hydrogens (tertiary/aromatic N) is 2. The fourth-order valence-corrected chi connectivity index (χ4v) is 2.39. The van der Waals surface area contributed by atoms with E-state index in [1.807, 2.05) is 6.92 Å². The third kappa shape index (κ3) is 3.21. The molecular weight excluding hydrogens is 238 g/mol. The molecule has 1 rings (SSSR count). The predicted octanol–water partition coefficient (Wildman–Crippen LogP) is 1.52. The van der Waals surface area contributed by atoms with Gasteiger partial charge in [0.1, 0.15) is 5.15 Å². The zero-order valence-corrected chi connectivity index (χ0v) is 11.7. The third-order valence-electron chi connectivity index (χ3n) is 3.31. The highest BCUT2D eigenvalue weighted by molar-refractivity contribution is 6.30. The zero-order valence-electron chi connectivity index (χ0n) is 10.9. The Balaban J connectivity index is 2.83. The van der Waals surface area contributed by atoms with Crippen LogP contribution in [0, 0.1) is 18.8 Å². The summed E-state index contributed by atoms with van der Waals surface area (Å²) in [6.07, 6.45) is 0.0406. The summed E-state index contributed by atoms with van der Waals surface area (Å²) in [6, 6.07) is 0. The Bertz CT molecular complexity index is 376. The Hall–Kier alpha value is -0.580. The number of aromatic nitrogens is 2. The second kappa shape index (κ2) is 5.85. The molecule has 0 bridgehead atoms. The molecule has 1 aromatic rings. The molecule has 1 heterocycles. The first-order valence-electron chi connectivity index (χ1n) is 5.94. The number of aliphatic hydroxyl groups excluding tert-OH is 1. The minimum Gasteiger partial charge on any atom is -0.392 e. The molecule has 2 atom stereocenters. The Labute approximate surface area is 108 Å². The fraction of sp³-hybridized carbons (Fsp3) is 0.750. The van der Waals surface area contributed by atoms with Crippen molar-refractivity contribution in [2.45, 2.75) is 33.3 Å². The molecule has 98 valence electrons. The van der Waals surface area contributed by atoms with Crippen LogP contribution < -0.4 is 5.73 Å². The van der Waals surface area contributed by atoms with Crippen molar-refractivity contribution in [1.29, 1.82) is 0 Å². The van der Waals surface area contributed by atoms with Crippen molar-refractivity contribution in [1.82, 2.24) is 9.78 Å². The molecule has 4 nitrogen and oxygen atoms in total. The van der Waals surface area contributed by atoms with Crippen LogP contribution in [-0.4, -0.2) is 27.5 Å². The van der Waals surface area contributed by atoms with Crippen LogP contribution in [0.2, 0.25) is 5.15 Å². The first-order valence-corrected chi connectivity index (χ1v) is 6.32. The summed E-state index contributed by atoms with van der Waals surface area (Å²) in [5, 5.41) is 15.0. The SMILES string of the molecule is Cc1nn(C)c(Cl)c1CC(O)C(CN)C(C)C. The molecule has 0 aliphatic carbocycles. The van der Waals surface area contributed by atoms with Crippen molar-refractivity contribution in [3.05, 3.63) is 16.4 Å². The first-order chi connectivity index (χ1) is 7.88. The van der Waals surface area contributed by atoms with Crippen LogP contribution in [0.15, 0.2) is 0 Å². The quantitative estimate of drug-likeness (QED) is 0.843. The number of halogens is 1. The van der Waals surface area contributed by atoms with Crippen molar-refractivity contribution in [2.75, 3.05) is 6.54 Å². The topological polar surface area (TPSA) is 64.1 Å². The molecule has 2 unspecified atom stereocenters. The zero-order chi connectivity index (χ0) is 13.2. The van der Waals surface area contributed by atoms with Gasteiger partial charge in [-0.15, -0.1) is 0 Å². The lowest BCUT2D eigenvalue weighted by atomic mass is 9.87. The van der Waals surface area contributed by atoms with Gasteiger partial charge >= 0.3 is 0 Å². The lowest BCUT2D eigenvalue weighted by molar-refractivity contribution is 0.0862. The highest BCUT2D eigenvalue weighted by Gasteiger charge is 2.24. The average molecular weight is 260 g/mol. The van der Waals surface area contributed by atoms with Gasteiger partial charge in [-0.25, -0.2) is 0 Å². The second-order valence-corrected chi connectivity index (χ2v) is 5.25. The maximum absolute atomic E-state index is 10.2. The van der Waals surface area contributed by atoms with Crippen molar-refractivity contribution in [3.8, 4) is 0 Å². The van der Waals surface area contributed by atoms with Gasteiger partial charge in [-0.3, -0.25) is 4.68 Å². The third-order valence-corrected chi connectivity index (χ3v) is 3.78. The van der Waals surface area contributed by atoms with Crippen LogP contribution in [0.1, 0.15) is 25.1 Å².